The van der Waals surface area contributed by atoms with Crippen molar-refractivity contribution in [3.05, 3.63) is 35.4 Å². The molecular formula is C16H23N5. The van der Waals surface area contributed by atoms with Crippen molar-refractivity contribution in [1.29, 1.82) is 0 Å². The lowest BCUT2D eigenvalue weighted by Gasteiger charge is -2.17. The number of anilines is 2. The first-order valence-corrected chi connectivity index (χ1v) is 7.73. The van der Waals surface area contributed by atoms with Gasteiger partial charge in [-0.05, 0) is 25.3 Å². The predicted octanol–water partition coefficient (Wildman–Crippen LogP) is 2.60. The van der Waals surface area contributed by atoms with Gasteiger partial charge in [0.05, 0.1) is 6.54 Å². The molecule has 0 atom stereocenters. The fourth-order valence-electron chi connectivity index (χ4n) is 2.85. The molecule has 1 aromatic heterocycles. The minimum absolute atomic E-state index is 0.496. The Morgan fingerprint density at radius 2 is 1.90 bits per heavy atom. The molecule has 0 aliphatic carbocycles. The molecule has 2 N–H and O–H groups in total. The van der Waals surface area contributed by atoms with E-state index in [1.165, 1.54) is 36.8 Å². The minimum Gasteiger partial charge on any atom is -0.368 e. The summed E-state index contributed by atoms with van der Waals surface area (Å²) in [5, 5.41) is 4.61. The topological polar surface area (TPSA) is 60.0 Å². The van der Waals surface area contributed by atoms with Gasteiger partial charge >= 0.3 is 0 Å². The van der Waals surface area contributed by atoms with Gasteiger partial charge in [0.2, 0.25) is 11.9 Å². The van der Waals surface area contributed by atoms with Crippen molar-refractivity contribution < 1.29 is 0 Å². The van der Waals surface area contributed by atoms with Gasteiger partial charge in [0.15, 0.2) is 0 Å². The van der Waals surface area contributed by atoms with E-state index >= 15 is 0 Å². The van der Waals surface area contributed by atoms with Gasteiger partial charge in [-0.25, -0.2) is 4.68 Å². The van der Waals surface area contributed by atoms with Crippen LogP contribution in [0.1, 0.15) is 36.8 Å². The number of hydrogen-bond acceptors (Lipinski definition) is 4. The van der Waals surface area contributed by atoms with Crippen molar-refractivity contribution in [3.63, 3.8) is 0 Å². The maximum Gasteiger partial charge on any atom is 0.246 e. The van der Waals surface area contributed by atoms with Gasteiger partial charge in [0.1, 0.15) is 0 Å². The third-order valence-corrected chi connectivity index (χ3v) is 3.99. The molecule has 3 rings (SSSR count). The first-order valence-electron chi connectivity index (χ1n) is 7.73. The van der Waals surface area contributed by atoms with E-state index in [-0.39, 0.29) is 0 Å². The van der Waals surface area contributed by atoms with Gasteiger partial charge in [-0.3, -0.25) is 0 Å². The lowest BCUT2D eigenvalue weighted by molar-refractivity contribution is 0.680. The highest BCUT2D eigenvalue weighted by Crippen LogP contribution is 2.18. The van der Waals surface area contributed by atoms with Crippen LogP contribution in [0.5, 0.6) is 0 Å². The molecule has 5 nitrogen and oxygen atoms in total. The third-order valence-electron chi connectivity index (χ3n) is 3.99. The Morgan fingerprint density at radius 3 is 2.62 bits per heavy atom. The van der Waals surface area contributed by atoms with E-state index < -0.39 is 0 Å². The summed E-state index contributed by atoms with van der Waals surface area (Å²) in [6.45, 7) is 4.84. The van der Waals surface area contributed by atoms with E-state index in [9.17, 15) is 0 Å². The molecule has 2 heterocycles. The number of aryl methyl sites for hydroxylation is 1. The first kappa shape index (κ1) is 13.9. The van der Waals surface area contributed by atoms with Crippen LogP contribution in [0.25, 0.3) is 0 Å². The lowest BCUT2D eigenvalue weighted by atomic mass is 10.1. The number of nitrogens with zero attached hydrogens (tertiary/aromatic N) is 4. The second-order valence-corrected chi connectivity index (χ2v) is 5.82. The maximum absolute atomic E-state index is 6.04. The van der Waals surface area contributed by atoms with E-state index in [0.717, 1.165) is 19.0 Å². The number of benzene rings is 1. The quantitative estimate of drug-likeness (QED) is 0.941. The second-order valence-electron chi connectivity index (χ2n) is 5.82. The van der Waals surface area contributed by atoms with Crippen LogP contribution in [-0.2, 0) is 6.54 Å². The molecule has 0 radical (unpaired) electrons. The SMILES string of the molecule is Cc1cccc(Cn2nc(N3CCCCCC3)nc2N)c1. The van der Waals surface area contributed by atoms with E-state index in [1.807, 2.05) is 0 Å². The van der Waals surface area contributed by atoms with Crippen LogP contribution < -0.4 is 10.6 Å². The van der Waals surface area contributed by atoms with Crippen LogP contribution in [0.15, 0.2) is 24.3 Å². The highest BCUT2D eigenvalue weighted by atomic mass is 15.4. The summed E-state index contributed by atoms with van der Waals surface area (Å²) in [5.74, 6) is 1.28. The zero-order valence-electron chi connectivity index (χ0n) is 12.6. The summed E-state index contributed by atoms with van der Waals surface area (Å²) in [5.41, 5.74) is 8.49. The highest BCUT2D eigenvalue weighted by Gasteiger charge is 2.16. The average molecular weight is 285 g/mol. The number of nitrogens with two attached hydrogens (primary N) is 1. The molecule has 21 heavy (non-hydrogen) atoms. The van der Waals surface area contributed by atoms with Crippen LogP contribution in [-0.4, -0.2) is 27.9 Å². The van der Waals surface area contributed by atoms with E-state index in [0.29, 0.717) is 12.5 Å². The molecule has 0 saturated carbocycles. The van der Waals surface area contributed by atoms with Gasteiger partial charge in [-0.1, -0.05) is 42.7 Å². The maximum atomic E-state index is 6.04. The van der Waals surface area contributed by atoms with Gasteiger partial charge < -0.3 is 10.6 Å². The lowest BCUT2D eigenvalue weighted by Crippen LogP contribution is -2.25. The molecule has 5 heteroatoms. The van der Waals surface area contributed by atoms with Crippen molar-refractivity contribution in [3.8, 4) is 0 Å². The van der Waals surface area contributed by atoms with Crippen molar-refractivity contribution >= 4 is 11.9 Å². The fraction of sp³-hybridized carbons (Fsp3) is 0.500. The molecule has 1 aromatic carbocycles. The smallest absolute Gasteiger partial charge is 0.246 e. The highest BCUT2D eigenvalue weighted by molar-refractivity contribution is 5.36. The van der Waals surface area contributed by atoms with Crippen LogP contribution in [0.3, 0.4) is 0 Å². The van der Waals surface area contributed by atoms with E-state index in [2.05, 4.69) is 46.2 Å². The molecule has 0 amide bonds. The number of aromatic nitrogens is 3. The van der Waals surface area contributed by atoms with Gasteiger partial charge in [-0.2, -0.15) is 4.98 Å². The average Bonchev–Trinajstić information content (AvgIpc) is 2.68. The fourth-order valence-corrected chi connectivity index (χ4v) is 2.85. The molecule has 0 spiro atoms. The Hall–Kier alpha value is -2.04. The molecule has 1 aliphatic rings. The molecular weight excluding hydrogens is 262 g/mol. The molecule has 1 fully saturated rings. The first-order chi connectivity index (χ1) is 10.2. The number of rotatable bonds is 3. The number of nitrogen functional groups attached to an aromatic ring is 1. The Labute approximate surface area is 125 Å². The molecule has 1 aliphatic heterocycles. The van der Waals surface area contributed by atoms with Crippen LogP contribution in [0, 0.1) is 6.92 Å². The van der Waals surface area contributed by atoms with Crippen LogP contribution in [0.4, 0.5) is 11.9 Å². The summed E-state index contributed by atoms with van der Waals surface area (Å²) in [6, 6.07) is 8.41. The van der Waals surface area contributed by atoms with E-state index in [4.69, 9.17) is 5.73 Å². The van der Waals surface area contributed by atoms with Crippen molar-refractivity contribution in [2.75, 3.05) is 23.7 Å². The Morgan fingerprint density at radius 1 is 1.14 bits per heavy atom. The predicted molar refractivity (Wildman–Crippen MR) is 85.4 cm³/mol. The van der Waals surface area contributed by atoms with Crippen LogP contribution >= 0.6 is 0 Å². The summed E-state index contributed by atoms with van der Waals surface area (Å²) < 4.78 is 1.80. The molecule has 1 saturated heterocycles. The summed E-state index contributed by atoms with van der Waals surface area (Å²) in [6.07, 6.45) is 5.03. The third kappa shape index (κ3) is 3.35. The Kier molecular flexibility index (Phi) is 4.08. The van der Waals surface area contributed by atoms with Crippen molar-refractivity contribution in [2.45, 2.75) is 39.2 Å². The summed E-state index contributed by atoms with van der Waals surface area (Å²) in [4.78, 5) is 6.71. The largest absolute Gasteiger partial charge is 0.368 e. The minimum atomic E-state index is 0.496. The Bertz CT molecular complexity index is 596. The molecule has 112 valence electrons. The standard InChI is InChI=1S/C16H23N5/c1-13-7-6-8-14(11-13)12-21-15(17)18-16(19-21)20-9-4-2-3-5-10-20/h6-8,11H,2-5,9-10,12H2,1H3,(H2,17,18,19). The monoisotopic (exact) mass is 285 g/mol. The zero-order valence-corrected chi connectivity index (χ0v) is 12.6. The summed E-state index contributed by atoms with van der Waals surface area (Å²) in [7, 11) is 0. The zero-order chi connectivity index (χ0) is 14.7. The van der Waals surface area contributed by atoms with Gasteiger partial charge in [0.25, 0.3) is 0 Å². The molecule has 0 bridgehead atoms. The van der Waals surface area contributed by atoms with Crippen molar-refractivity contribution in [2.24, 2.45) is 0 Å². The van der Waals surface area contributed by atoms with Gasteiger partial charge in [-0.15, -0.1) is 5.10 Å². The Balaban J connectivity index is 1.77. The van der Waals surface area contributed by atoms with E-state index in [1.54, 1.807) is 4.68 Å². The van der Waals surface area contributed by atoms with Crippen LogP contribution in [0.2, 0.25) is 0 Å². The summed E-state index contributed by atoms with van der Waals surface area (Å²) >= 11 is 0. The normalized spacial score (nSPS) is 16.0. The molecule has 0 unspecified atom stereocenters. The number of hydrogen-bond donors (Lipinski definition) is 1. The van der Waals surface area contributed by atoms with Gasteiger partial charge in [0, 0.05) is 13.1 Å². The molecule has 2 aromatic rings. The van der Waals surface area contributed by atoms with Crippen molar-refractivity contribution in [1.82, 2.24) is 14.8 Å². The second kappa shape index (κ2) is 6.16.